The molecule has 0 bridgehead atoms. The van der Waals surface area contributed by atoms with Crippen molar-refractivity contribution in [2.75, 3.05) is 0 Å². The molecule has 20 heavy (non-hydrogen) atoms. The molecule has 0 saturated heterocycles. The van der Waals surface area contributed by atoms with Gasteiger partial charge in [0.05, 0.1) is 5.69 Å². The van der Waals surface area contributed by atoms with Crippen molar-refractivity contribution in [1.82, 2.24) is 9.78 Å². The second-order valence-corrected chi connectivity index (χ2v) is 4.36. The zero-order chi connectivity index (χ0) is 14.9. The molecular formula is C14H12N2O4. The molecule has 1 N–H and O–H groups in total. The van der Waals surface area contributed by atoms with Gasteiger partial charge in [0.25, 0.3) is 5.56 Å². The summed E-state index contributed by atoms with van der Waals surface area (Å²) < 4.78 is 0.930. The Balaban J connectivity index is 2.74. The molecule has 102 valence electrons. The number of hydrogen-bond acceptors (Lipinski definition) is 4. The van der Waals surface area contributed by atoms with E-state index in [9.17, 15) is 14.4 Å². The Morgan fingerprint density at radius 3 is 2.30 bits per heavy atom. The first-order chi connectivity index (χ1) is 9.40. The van der Waals surface area contributed by atoms with E-state index in [1.54, 1.807) is 24.3 Å². The van der Waals surface area contributed by atoms with E-state index >= 15 is 0 Å². The molecule has 0 radical (unpaired) electrons. The van der Waals surface area contributed by atoms with E-state index in [2.05, 4.69) is 5.10 Å². The number of hydrogen-bond donors (Lipinski definition) is 1. The lowest BCUT2D eigenvalue weighted by Crippen LogP contribution is -2.29. The molecule has 1 heterocycles. The normalized spacial score (nSPS) is 10.3. The van der Waals surface area contributed by atoms with E-state index in [0.29, 0.717) is 5.69 Å². The molecule has 1 aromatic heterocycles. The van der Waals surface area contributed by atoms with Gasteiger partial charge in [-0.1, -0.05) is 17.7 Å². The summed E-state index contributed by atoms with van der Waals surface area (Å²) in [6.07, 6.45) is 0. The van der Waals surface area contributed by atoms with Crippen LogP contribution in [0.25, 0.3) is 5.69 Å². The maximum atomic E-state index is 12.1. The molecule has 0 unspecified atom stereocenters. The number of benzene rings is 1. The fourth-order valence-corrected chi connectivity index (χ4v) is 1.68. The third-order valence-electron chi connectivity index (χ3n) is 2.78. The number of rotatable bonds is 3. The lowest BCUT2D eigenvalue weighted by atomic mass is 10.2. The topological polar surface area (TPSA) is 89.3 Å². The van der Waals surface area contributed by atoms with Crippen molar-refractivity contribution in [1.29, 1.82) is 0 Å². The number of aromatic nitrogens is 2. The van der Waals surface area contributed by atoms with Crippen molar-refractivity contribution in [3.05, 3.63) is 57.5 Å². The van der Waals surface area contributed by atoms with Crippen LogP contribution in [0.5, 0.6) is 0 Å². The van der Waals surface area contributed by atoms with Crippen LogP contribution >= 0.6 is 0 Å². The van der Waals surface area contributed by atoms with Gasteiger partial charge < -0.3 is 5.11 Å². The molecule has 0 spiro atoms. The Morgan fingerprint density at radius 2 is 1.80 bits per heavy atom. The molecule has 0 aliphatic rings. The van der Waals surface area contributed by atoms with Crippen molar-refractivity contribution in [3.8, 4) is 5.69 Å². The van der Waals surface area contributed by atoms with E-state index in [1.807, 2.05) is 6.92 Å². The third kappa shape index (κ3) is 2.49. The van der Waals surface area contributed by atoms with Gasteiger partial charge in [-0.2, -0.15) is 9.78 Å². The number of aryl methyl sites for hydroxylation is 1. The second-order valence-electron chi connectivity index (χ2n) is 4.36. The minimum atomic E-state index is -1.39. The zero-order valence-corrected chi connectivity index (χ0v) is 11.0. The molecule has 1 aromatic carbocycles. The number of ketones is 1. The van der Waals surface area contributed by atoms with E-state index < -0.39 is 22.9 Å². The van der Waals surface area contributed by atoms with Crippen LogP contribution in [0.1, 0.15) is 33.3 Å². The maximum absolute atomic E-state index is 12.1. The van der Waals surface area contributed by atoms with Crippen molar-refractivity contribution < 1.29 is 14.7 Å². The molecule has 6 heteroatoms. The van der Waals surface area contributed by atoms with Crippen LogP contribution in [-0.2, 0) is 0 Å². The highest BCUT2D eigenvalue weighted by Gasteiger charge is 2.17. The molecular weight excluding hydrogens is 260 g/mol. The van der Waals surface area contributed by atoms with Crippen LogP contribution in [0, 0.1) is 6.92 Å². The molecule has 0 atom stereocenters. The van der Waals surface area contributed by atoms with Crippen molar-refractivity contribution in [3.63, 3.8) is 0 Å². The fraction of sp³-hybridized carbons (Fsp3) is 0.143. The van der Waals surface area contributed by atoms with Crippen molar-refractivity contribution in [2.24, 2.45) is 0 Å². The number of carboxylic acids is 1. The molecule has 0 amide bonds. The van der Waals surface area contributed by atoms with Crippen LogP contribution in [0.2, 0.25) is 0 Å². The minimum absolute atomic E-state index is 0.0671. The molecule has 2 aromatic rings. The number of carboxylic acid groups (broad SMARTS) is 1. The third-order valence-corrected chi connectivity index (χ3v) is 2.78. The summed E-state index contributed by atoms with van der Waals surface area (Å²) in [5.74, 6) is -1.80. The number of carbonyl (C=O) groups excluding carboxylic acids is 1. The first-order valence-electron chi connectivity index (χ1n) is 5.86. The average molecular weight is 272 g/mol. The zero-order valence-electron chi connectivity index (χ0n) is 11.0. The predicted octanol–water partition coefficient (Wildman–Crippen LogP) is 1.44. The van der Waals surface area contributed by atoms with Crippen LogP contribution in [0.4, 0.5) is 0 Å². The highest BCUT2D eigenvalue weighted by atomic mass is 16.4. The monoisotopic (exact) mass is 272 g/mol. The summed E-state index contributed by atoms with van der Waals surface area (Å²) >= 11 is 0. The van der Waals surface area contributed by atoms with Gasteiger partial charge in [0.2, 0.25) is 0 Å². The smallest absolute Gasteiger partial charge is 0.341 e. The van der Waals surface area contributed by atoms with Crippen LogP contribution in [-0.4, -0.2) is 26.6 Å². The number of nitrogens with zero attached hydrogens (tertiary/aromatic N) is 2. The van der Waals surface area contributed by atoms with Crippen LogP contribution in [0.3, 0.4) is 0 Å². The van der Waals surface area contributed by atoms with Crippen molar-refractivity contribution >= 4 is 11.8 Å². The van der Waals surface area contributed by atoms with Gasteiger partial charge in [0, 0.05) is 6.92 Å². The molecule has 6 nitrogen and oxygen atoms in total. The van der Waals surface area contributed by atoms with E-state index in [-0.39, 0.29) is 5.69 Å². The SMILES string of the molecule is CC(=O)c1cc(C(=O)O)c(=O)n(-c2ccc(C)cc2)n1. The first kappa shape index (κ1) is 13.7. The molecule has 0 aliphatic heterocycles. The Hall–Kier alpha value is -2.76. The fourth-order valence-electron chi connectivity index (χ4n) is 1.68. The number of carbonyl (C=O) groups is 2. The number of aromatic carboxylic acids is 1. The Bertz CT molecular complexity index is 745. The highest BCUT2D eigenvalue weighted by molar-refractivity contribution is 5.95. The van der Waals surface area contributed by atoms with Crippen LogP contribution < -0.4 is 5.56 Å². The maximum Gasteiger partial charge on any atom is 0.341 e. The van der Waals surface area contributed by atoms with E-state index in [4.69, 9.17) is 5.11 Å². The molecule has 0 saturated carbocycles. The Morgan fingerprint density at radius 1 is 1.20 bits per heavy atom. The standard InChI is InChI=1S/C14H12N2O4/c1-8-3-5-10(6-4-8)16-13(18)11(14(19)20)7-12(15-16)9(2)17/h3-7H,1-2H3,(H,19,20). The lowest BCUT2D eigenvalue weighted by Gasteiger charge is -2.07. The summed E-state index contributed by atoms with van der Waals surface area (Å²) in [4.78, 5) is 34.6. The summed E-state index contributed by atoms with van der Waals surface area (Å²) in [5.41, 5.74) is 0.0777. The van der Waals surface area contributed by atoms with E-state index in [0.717, 1.165) is 16.3 Å². The van der Waals surface area contributed by atoms with Gasteiger partial charge in [-0.05, 0) is 25.1 Å². The summed E-state index contributed by atoms with van der Waals surface area (Å²) in [6, 6.07) is 7.81. The summed E-state index contributed by atoms with van der Waals surface area (Å²) in [6.45, 7) is 3.15. The van der Waals surface area contributed by atoms with Crippen LogP contribution in [0.15, 0.2) is 35.1 Å². The average Bonchev–Trinajstić information content (AvgIpc) is 2.39. The second kappa shape index (κ2) is 5.08. The quantitative estimate of drug-likeness (QED) is 0.854. The molecule has 0 aliphatic carbocycles. The predicted molar refractivity (Wildman–Crippen MR) is 71.5 cm³/mol. The Kier molecular flexibility index (Phi) is 3.47. The minimum Gasteiger partial charge on any atom is -0.477 e. The summed E-state index contributed by atoms with van der Waals surface area (Å²) in [5, 5.41) is 12.9. The van der Waals surface area contributed by atoms with Gasteiger partial charge in [0.1, 0.15) is 11.3 Å². The highest BCUT2D eigenvalue weighted by Crippen LogP contribution is 2.08. The van der Waals surface area contributed by atoms with E-state index in [1.165, 1.54) is 6.92 Å². The van der Waals surface area contributed by atoms with Crippen molar-refractivity contribution in [2.45, 2.75) is 13.8 Å². The largest absolute Gasteiger partial charge is 0.477 e. The van der Waals surface area contributed by atoms with Gasteiger partial charge >= 0.3 is 5.97 Å². The first-order valence-corrected chi connectivity index (χ1v) is 5.86. The lowest BCUT2D eigenvalue weighted by molar-refractivity contribution is 0.0694. The van der Waals surface area contributed by atoms with Gasteiger partial charge in [-0.15, -0.1) is 0 Å². The van der Waals surface area contributed by atoms with Gasteiger partial charge in [0.15, 0.2) is 5.78 Å². The Labute approximate surface area is 114 Å². The summed E-state index contributed by atoms with van der Waals surface area (Å²) in [7, 11) is 0. The number of Topliss-reactive ketones (excluding diaryl/α,β-unsaturated/α-hetero) is 1. The molecule has 2 rings (SSSR count). The van der Waals surface area contributed by atoms with Gasteiger partial charge in [-0.3, -0.25) is 9.59 Å². The van der Waals surface area contributed by atoms with Gasteiger partial charge in [-0.25, -0.2) is 4.79 Å². The molecule has 0 fully saturated rings.